The highest BCUT2D eigenvalue weighted by molar-refractivity contribution is 6.30. The third kappa shape index (κ3) is 2.33. The predicted molar refractivity (Wildman–Crippen MR) is 89.1 cm³/mol. The first-order valence-electron chi connectivity index (χ1n) is 7.69. The Bertz CT molecular complexity index is 651. The van der Waals surface area contributed by atoms with E-state index >= 15 is 0 Å². The highest BCUT2D eigenvalue weighted by atomic mass is 35.5. The molecule has 2 atom stereocenters. The third-order valence-electron chi connectivity index (χ3n) is 4.72. The summed E-state index contributed by atoms with van der Waals surface area (Å²) in [7, 11) is 0. The molecule has 1 saturated heterocycles. The zero-order valence-corrected chi connectivity index (χ0v) is 12.7. The third-order valence-corrected chi connectivity index (χ3v) is 4.97. The fraction of sp³-hybridized carbons (Fsp3) is 0.333. The molecule has 0 amide bonds. The number of rotatable bonds is 1. The number of nitrogens with one attached hydrogen (secondary N) is 2. The molecule has 4 rings (SSSR count). The van der Waals surface area contributed by atoms with Gasteiger partial charge >= 0.3 is 0 Å². The number of hydrogen-bond acceptors (Lipinski definition) is 2. The molecule has 0 unspecified atom stereocenters. The van der Waals surface area contributed by atoms with Gasteiger partial charge in [-0.3, -0.25) is 0 Å². The van der Waals surface area contributed by atoms with Crippen molar-refractivity contribution in [1.82, 2.24) is 5.32 Å². The van der Waals surface area contributed by atoms with Crippen LogP contribution in [0.15, 0.2) is 42.5 Å². The SMILES string of the molecule is Clc1ccc(-c2cccc3c2[C@@H]2CCNCC[C@@H]2N3)cc1. The Kier molecular flexibility index (Phi) is 3.36. The lowest BCUT2D eigenvalue weighted by atomic mass is 9.86. The molecule has 2 aromatic carbocycles. The van der Waals surface area contributed by atoms with Crippen molar-refractivity contribution in [3.63, 3.8) is 0 Å². The zero-order valence-electron chi connectivity index (χ0n) is 11.9. The summed E-state index contributed by atoms with van der Waals surface area (Å²) < 4.78 is 0. The molecule has 0 aromatic heterocycles. The van der Waals surface area contributed by atoms with Crippen molar-refractivity contribution >= 4 is 17.3 Å². The van der Waals surface area contributed by atoms with Gasteiger partial charge in [-0.2, -0.15) is 0 Å². The van der Waals surface area contributed by atoms with Gasteiger partial charge in [0.2, 0.25) is 0 Å². The summed E-state index contributed by atoms with van der Waals surface area (Å²) in [6, 6.07) is 15.4. The first-order chi connectivity index (χ1) is 10.3. The maximum Gasteiger partial charge on any atom is 0.0406 e. The average Bonchev–Trinajstić information content (AvgIpc) is 2.70. The van der Waals surface area contributed by atoms with Crippen molar-refractivity contribution in [3.8, 4) is 11.1 Å². The smallest absolute Gasteiger partial charge is 0.0406 e. The van der Waals surface area contributed by atoms with Crippen LogP contribution in [0.25, 0.3) is 11.1 Å². The van der Waals surface area contributed by atoms with Crippen molar-refractivity contribution < 1.29 is 0 Å². The van der Waals surface area contributed by atoms with Crippen LogP contribution in [0.4, 0.5) is 5.69 Å². The summed E-state index contributed by atoms with van der Waals surface area (Å²) in [5, 5.41) is 8.04. The van der Waals surface area contributed by atoms with Gasteiger partial charge in [-0.25, -0.2) is 0 Å². The van der Waals surface area contributed by atoms with Gasteiger partial charge in [-0.15, -0.1) is 0 Å². The first kappa shape index (κ1) is 13.2. The summed E-state index contributed by atoms with van der Waals surface area (Å²) in [6.45, 7) is 2.22. The van der Waals surface area contributed by atoms with E-state index in [1.165, 1.54) is 35.2 Å². The van der Waals surface area contributed by atoms with Gasteiger partial charge in [0, 0.05) is 22.7 Å². The Morgan fingerprint density at radius 2 is 1.76 bits per heavy atom. The van der Waals surface area contributed by atoms with Gasteiger partial charge in [0.25, 0.3) is 0 Å². The molecule has 2 heterocycles. The largest absolute Gasteiger partial charge is 0.381 e. The van der Waals surface area contributed by atoms with Crippen LogP contribution in [0.2, 0.25) is 5.02 Å². The summed E-state index contributed by atoms with van der Waals surface area (Å²) in [5.74, 6) is 0.613. The predicted octanol–water partition coefficient (Wildman–Crippen LogP) is 4.27. The summed E-state index contributed by atoms with van der Waals surface area (Å²) in [4.78, 5) is 0. The monoisotopic (exact) mass is 298 g/mol. The molecule has 2 aliphatic heterocycles. The molecule has 0 aliphatic carbocycles. The van der Waals surface area contributed by atoms with Gasteiger partial charge in [-0.1, -0.05) is 35.9 Å². The fourth-order valence-corrected chi connectivity index (χ4v) is 3.86. The van der Waals surface area contributed by atoms with Crippen LogP contribution in [-0.2, 0) is 0 Å². The maximum absolute atomic E-state index is 6.03. The second kappa shape index (κ2) is 5.36. The molecule has 0 bridgehead atoms. The van der Waals surface area contributed by atoms with Gasteiger partial charge in [0.05, 0.1) is 0 Å². The highest BCUT2D eigenvalue weighted by Gasteiger charge is 2.34. The van der Waals surface area contributed by atoms with Crippen LogP contribution in [0, 0.1) is 0 Å². The molecule has 2 nitrogen and oxygen atoms in total. The topological polar surface area (TPSA) is 24.1 Å². The molecule has 1 fully saturated rings. The van der Waals surface area contributed by atoms with E-state index in [9.17, 15) is 0 Å². The van der Waals surface area contributed by atoms with Crippen molar-refractivity contribution in [1.29, 1.82) is 0 Å². The molecule has 3 heteroatoms. The fourth-order valence-electron chi connectivity index (χ4n) is 3.73. The molecular formula is C18H19ClN2. The van der Waals surface area contributed by atoms with E-state index in [4.69, 9.17) is 11.6 Å². The minimum absolute atomic E-state index is 0.573. The Labute approximate surface area is 130 Å². The van der Waals surface area contributed by atoms with E-state index in [1.807, 2.05) is 12.1 Å². The standard InChI is InChI=1S/C18H19ClN2/c19-13-6-4-12(5-7-13)14-2-1-3-17-18(14)15-8-10-20-11-9-16(15)21-17/h1-7,15-16,20-21H,8-11H2/t15-,16+/m1/s1. The van der Waals surface area contributed by atoms with Crippen LogP contribution in [0.1, 0.15) is 24.3 Å². The number of anilines is 1. The van der Waals surface area contributed by atoms with Gasteiger partial charge in [0.1, 0.15) is 0 Å². The molecule has 21 heavy (non-hydrogen) atoms. The van der Waals surface area contributed by atoms with Crippen molar-refractivity contribution in [2.45, 2.75) is 24.8 Å². The Balaban J connectivity index is 1.81. The van der Waals surface area contributed by atoms with Crippen LogP contribution in [0.5, 0.6) is 0 Å². The molecule has 108 valence electrons. The van der Waals surface area contributed by atoms with E-state index in [0.717, 1.165) is 18.1 Å². The number of benzene rings is 2. The lowest BCUT2D eigenvalue weighted by molar-refractivity contribution is 0.579. The highest BCUT2D eigenvalue weighted by Crippen LogP contribution is 2.45. The molecular weight excluding hydrogens is 280 g/mol. The summed E-state index contributed by atoms with van der Waals surface area (Å²) >= 11 is 6.03. The molecule has 0 saturated carbocycles. The second-order valence-corrected chi connectivity index (χ2v) is 6.39. The average molecular weight is 299 g/mol. The molecule has 0 spiro atoms. The lowest BCUT2D eigenvalue weighted by Crippen LogP contribution is -2.21. The van der Waals surface area contributed by atoms with Crippen LogP contribution in [-0.4, -0.2) is 19.1 Å². The number of fused-ring (bicyclic) bond motifs is 3. The van der Waals surface area contributed by atoms with E-state index in [0.29, 0.717) is 12.0 Å². The lowest BCUT2D eigenvalue weighted by Gasteiger charge is -2.18. The molecule has 2 aromatic rings. The van der Waals surface area contributed by atoms with E-state index in [-0.39, 0.29) is 0 Å². The quantitative estimate of drug-likeness (QED) is 0.821. The second-order valence-electron chi connectivity index (χ2n) is 5.96. The number of halogens is 1. The van der Waals surface area contributed by atoms with Crippen LogP contribution in [0.3, 0.4) is 0 Å². The molecule has 2 N–H and O–H groups in total. The Morgan fingerprint density at radius 3 is 2.62 bits per heavy atom. The number of hydrogen-bond donors (Lipinski definition) is 2. The summed E-state index contributed by atoms with van der Waals surface area (Å²) in [5.41, 5.74) is 5.43. The zero-order chi connectivity index (χ0) is 14.2. The minimum atomic E-state index is 0.573. The van der Waals surface area contributed by atoms with Crippen molar-refractivity contribution in [2.75, 3.05) is 18.4 Å². The van der Waals surface area contributed by atoms with Gasteiger partial charge in [0.15, 0.2) is 0 Å². The van der Waals surface area contributed by atoms with Gasteiger partial charge in [-0.05, 0) is 60.8 Å². The maximum atomic E-state index is 6.03. The van der Waals surface area contributed by atoms with Gasteiger partial charge < -0.3 is 10.6 Å². The Hall–Kier alpha value is -1.51. The molecule has 2 aliphatic rings. The van der Waals surface area contributed by atoms with Crippen LogP contribution < -0.4 is 10.6 Å². The molecule has 0 radical (unpaired) electrons. The Morgan fingerprint density at radius 1 is 0.952 bits per heavy atom. The summed E-state index contributed by atoms with van der Waals surface area (Å²) in [6.07, 6.45) is 2.40. The van der Waals surface area contributed by atoms with Crippen LogP contribution >= 0.6 is 11.6 Å². The van der Waals surface area contributed by atoms with E-state index in [2.05, 4.69) is 41.0 Å². The van der Waals surface area contributed by atoms with E-state index < -0.39 is 0 Å². The first-order valence-corrected chi connectivity index (χ1v) is 8.07. The van der Waals surface area contributed by atoms with Crippen molar-refractivity contribution in [3.05, 3.63) is 53.1 Å². The van der Waals surface area contributed by atoms with E-state index in [1.54, 1.807) is 0 Å². The minimum Gasteiger partial charge on any atom is -0.381 e. The van der Waals surface area contributed by atoms with Crippen molar-refractivity contribution in [2.24, 2.45) is 0 Å². The normalized spacial score (nSPS) is 23.9.